The summed E-state index contributed by atoms with van der Waals surface area (Å²) in [5.41, 5.74) is 3.23. The van der Waals surface area contributed by atoms with E-state index in [0.717, 1.165) is 29.9 Å². The average molecular weight is 399 g/mol. The van der Waals surface area contributed by atoms with Crippen molar-refractivity contribution in [2.75, 3.05) is 26.9 Å². The highest BCUT2D eigenvalue weighted by Gasteiger charge is 2.16. The van der Waals surface area contributed by atoms with Crippen LogP contribution < -0.4 is 4.74 Å². The number of aromatic nitrogens is 1. The summed E-state index contributed by atoms with van der Waals surface area (Å²) in [6.07, 6.45) is 3.79. The van der Waals surface area contributed by atoms with Gasteiger partial charge in [0.05, 0.1) is 6.61 Å². The molecule has 0 amide bonds. The smallest absolute Gasteiger partial charge is 0.331 e. The van der Waals surface area contributed by atoms with Crippen LogP contribution in [0.2, 0.25) is 0 Å². The van der Waals surface area contributed by atoms with Crippen LogP contribution in [-0.4, -0.2) is 43.3 Å². The SMILES string of the molecule is CCOc1ccccc1/C=C/C(=O)OCC(=O)c1cc(C)n(CCCOC)c1C. The van der Waals surface area contributed by atoms with Crippen molar-refractivity contribution in [1.82, 2.24) is 4.57 Å². The van der Waals surface area contributed by atoms with Gasteiger partial charge in [-0.1, -0.05) is 18.2 Å². The number of carbonyl (C=O) groups excluding carboxylic acids is 2. The van der Waals surface area contributed by atoms with E-state index in [2.05, 4.69) is 4.57 Å². The summed E-state index contributed by atoms with van der Waals surface area (Å²) in [4.78, 5) is 24.6. The van der Waals surface area contributed by atoms with E-state index >= 15 is 0 Å². The maximum atomic E-state index is 12.5. The predicted molar refractivity (Wildman–Crippen MR) is 112 cm³/mol. The third-order valence-corrected chi connectivity index (χ3v) is 4.57. The third-order valence-electron chi connectivity index (χ3n) is 4.57. The topological polar surface area (TPSA) is 66.8 Å². The van der Waals surface area contributed by atoms with E-state index in [-0.39, 0.29) is 12.4 Å². The lowest BCUT2D eigenvalue weighted by Crippen LogP contribution is -2.14. The summed E-state index contributed by atoms with van der Waals surface area (Å²) >= 11 is 0. The Balaban J connectivity index is 1.95. The molecule has 0 aliphatic carbocycles. The number of esters is 1. The second kappa shape index (κ2) is 11.2. The third kappa shape index (κ3) is 6.32. The number of ketones is 1. The van der Waals surface area contributed by atoms with Crippen LogP contribution in [0, 0.1) is 13.8 Å². The van der Waals surface area contributed by atoms with Crippen molar-refractivity contribution >= 4 is 17.8 Å². The molecule has 0 saturated heterocycles. The molecule has 156 valence electrons. The number of Topliss-reactive ketones (excluding diaryl/α,β-unsaturated/α-hetero) is 1. The molecule has 29 heavy (non-hydrogen) atoms. The Morgan fingerprint density at radius 1 is 1.17 bits per heavy atom. The molecule has 0 fully saturated rings. The Hall–Kier alpha value is -2.86. The lowest BCUT2D eigenvalue weighted by Gasteiger charge is -2.09. The molecule has 0 bridgehead atoms. The van der Waals surface area contributed by atoms with Crippen molar-refractivity contribution in [3.05, 3.63) is 58.9 Å². The Kier molecular flexibility index (Phi) is 8.68. The normalized spacial score (nSPS) is 11.0. The molecule has 1 heterocycles. The first-order valence-electron chi connectivity index (χ1n) is 9.73. The van der Waals surface area contributed by atoms with Gasteiger partial charge in [0.2, 0.25) is 5.78 Å². The van der Waals surface area contributed by atoms with Gasteiger partial charge in [-0.25, -0.2) is 4.79 Å². The van der Waals surface area contributed by atoms with Crippen LogP contribution in [0.1, 0.15) is 40.7 Å². The van der Waals surface area contributed by atoms with E-state index in [1.165, 1.54) is 6.08 Å². The molecule has 0 aliphatic rings. The van der Waals surface area contributed by atoms with E-state index in [4.69, 9.17) is 14.2 Å². The molecule has 0 saturated carbocycles. The lowest BCUT2D eigenvalue weighted by molar-refractivity contribution is -0.136. The van der Waals surface area contributed by atoms with Gasteiger partial charge in [-0.2, -0.15) is 0 Å². The summed E-state index contributed by atoms with van der Waals surface area (Å²) < 4.78 is 17.8. The molecule has 0 spiro atoms. The Morgan fingerprint density at radius 2 is 1.93 bits per heavy atom. The number of nitrogens with zero attached hydrogens (tertiary/aromatic N) is 1. The quantitative estimate of drug-likeness (QED) is 0.247. The fourth-order valence-corrected chi connectivity index (χ4v) is 3.12. The zero-order chi connectivity index (χ0) is 21.2. The number of hydrogen-bond donors (Lipinski definition) is 0. The molecule has 2 aromatic rings. The van der Waals surface area contributed by atoms with E-state index in [9.17, 15) is 9.59 Å². The van der Waals surface area contributed by atoms with E-state index < -0.39 is 5.97 Å². The number of carbonyl (C=O) groups is 2. The first-order chi connectivity index (χ1) is 14.0. The standard InChI is InChI=1S/C23H29NO5/c1-5-28-22-10-7-6-9-19(22)11-12-23(26)29-16-21(25)20-15-17(2)24(18(20)3)13-8-14-27-4/h6-7,9-12,15H,5,8,13-14,16H2,1-4H3/b12-11+. The van der Waals surface area contributed by atoms with Gasteiger partial charge < -0.3 is 18.8 Å². The maximum Gasteiger partial charge on any atom is 0.331 e. The van der Waals surface area contributed by atoms with Crippen molar-refractivity contribution in [2.45, 2.75) is 33.7 Å². The zero-order valence-electron chi connectivity index (χ0n) is 17.6. The summed E-state index contributed by atoms with van der Waals surface area (Å²) in [6, 6.07) is 9.25. The van der Waals surface area contributed by atoms with Crippen LogP contribution in [-0.2, 0) is 20.8 Å². The second-order valence-electron chi connectivity index (χ2n) is 6.62. The summed E-state index contributed by atoms with van der Waals surface area (Å²) in [5.74, 6) is -0.0952. The molecule has 0 N–H and O–H groups in total. The summed E-state index contributed by atoms with van der Waals surface area (Å²) in [5, 5.41) is 0. The van der Waals surface area contributed by atoms with E-state index in [1.807, 2.05) is 51.1 Å². The lowest BCUT2D eigenvalue weighted by atomic mass is 10.1. The van der Waals surface area contributed by atoms with Gasteiger partial charge in [0.1, 0.15) is 5.75 Å². The first-order valence-corrected chi connectivity index (χ1v) is 9.73. The van der Waals surface area contributed by atoms with E-state index in [0.29, 0.717) is 24.5 Å². The number of ether oxygens (including phenoxy) is 3. The fraction of sp³-hybridized carbons (Fsp3) is 0.391. The number of hydrogen-bond acceptors (Lipinski definition) is 5. The highest BCUT2D eigenvalue weighted by molar-refractivity contribution is 6.00. The van der Waals surface area contributed by atoms with Crippen molar-refractivity contribution in [2.24, 2.45) is 0 Å². The van der Waals surface area contributed by atoms with Crippen molar-refractivity contribution in [3.8, 4) is 5.75 Å². The minimum absolute atomic E-state index is 0.215. The largest absolute Gasteiger partial charge is 0.493 e. The zero-order valence-corrected chi connectivity index (χ0v) is 17.6. The van der Waals surface area contributed by atoms with Crippen molar-refractivity contribution in [3.63, 3.8) is 0 Å². The highest BCUT2D eigenvalue weighted by Crippen LogP contribution is 2.19. The second-order valence-corrected chi connectivity index (χ2v) is 6.62. The number of aryl methyl sites for hydroxylation is 1. The average Bonchev–Trinajstić information content (AvgIpc) is 3.00. The van der Waals surface area contributed by atoms with Gasteiger partial charge in [-0.15, -0.1) is 0 Å². The Bertz CT molecular complexity index is 866. The van der Waals surface area contributed by atoms with Gasteiger partial charge in [0, 0.05) is 48.9 Å². The summed E-state index contributed by atoms with van der Waals surface area (Å²) in [7, 11) is 1.67. The van der Waals surface area contributed by atoms with Crippen LogP contribution in [0.4, 0.5) is 0 Å². The molecule has 1 aromatic carbocycles. The van der Waals surface area contributed by atoms with Crippen LogP contribution in [0.15, 0.2) is 36.4 Å². The molecule has 0 unspecified atom stereocenters. The first kappa shape index (κ1) is 22.4. The fourth-order valence-electron chi connectivity index (χ4n) is 3.12. The molecule has 6 heteroatoms. The molecule has 0 aliphatic heterocycles. The van der Waals surface area contributed by atoms with Crippen molar-refractivity contribution < 1.29 is 23.8 Å². The molecule has 6 nitrogen and oxygen atoms in total. The minimum atomic E-state index is -0.571. The molecular weight excluding hydrogens is 370 g/mol. The highest BCUT2D eigenvalue weighted by atomic mass is 16.5. The molecule has 0 atom stereocenters. The van der Waals surface area contributed by atoms with Gasteiger partial charge >= 0.3 is 5.97 Å². The van der Waals surface area contributed by atoms with Crippen LogP contribution in [0.25, 0.3) is 6.08 Å². The number of benzene rings is 1. The number of para-hydroxylation sites is 1. The Morgan fingerprint density at radius 3 is 2.66 bits per heavy atom. The summed E-state index contributed by atoms with van der Waals surface area (Å²) in [6.45, 7) is 7.44. The molecule has 2 rings (SSSR count). The Labute approximate surface area is 172 Å². The molecule has 0 radical (unpaired) electrons. The minimum Gasteiger partial charge on any atom is -0.493 e. The van der Waals surface area contributed by atoms with E-state index in [1.54, 1.807) is 13.2 Å². The molecular formula is C23H29NO5. The number of rotatable bonds is 11. The number of methoxy groups -OCH3 is 1. The van der Waals surface area contributed by atoms with Crippen LogP contribution in [0.5, 0.6) is 5.75 Å². The van der Waals surface area contributed by atoms with Crippen LogP contribution in [0.3, 0.4) is 0 Å². The predicted octanol–water partition coefficient (Wildman–Crippen LogP) is 3.98. The maximum absolute atomic E-state index is 12.5. The van der Waals surface area contributed by atoms with Crippen molar-refractivity contribution in [1.29, 1.82) is 0 Å². The molecule has 1 aromatic heterocycles. The van der Waals surface area contributed by atoms with Gasteiger partial charge in [-0.3, -0.25) is 4.79 Å². The monoisotopic (exact) mass is 399 g/mol. The van der Waals surface area contributed by atoms with Gasteiger partial charge in [0.25, 0.3) is 0 Å². The van der Waals surface area contributed by atoms with Crippen LogP contribution >= 0.6 is 0 Å². The van der Waals surface area contributed by atoms with Gasteiger partial charge in [0.15, 0.2) is 6.61 Å². The van der Waals surface area contributed by atoms with Gasteiger partial charge in [-0.05, 0) is 45.4 Å².